The molecule has 3 aromatic rings. The molecule has 27 heavy (non-hydrogen) atoms. The van der Waals surface area contributed by atoms with Gasteiger partial charge in [0.05, 0.1) is 11.4 Å². The molecule has 0 fully saturated rings. The van der Waals surface area contributed by atoms with Crippen LogP contribution in [0.1, 0.15) is 19.0 Å². The van der Waals surface area contributed by atoms with Crippen LogP contribution in [0.25, 0.3) is 5.69 Å². The topological polar surface area (TPSA) is 65.3 Å². The van der Waals surface area contributed by atoms with Crippen LogP contribution in [0.3, 0.4) is 0 Å². The van der Waals surface area contributed by atoms with Crippen molar-refractivity contribution in [1.29, 1.82) is 0 Å². The van der Waals surface area contributed by atoms with Crippen LogP contribution in [0.4, 0.5) is 5.69 Å². The van der Waals surface area contributed by atoms with E-state index < -0.39 is 6.10 Å². The summed E-state index contributed by atoms with van der Waals surface area (Å²) in [5, 5.41) is 2.76. The second-order valence-corrected chi connectivity index (χ2v) is 6.25. The summed E-state index contributed by atoms with van der Waals surface area (Å²) in [5.74, 6) is 0.276. The lowest BCUT2D eigenvalue weighted by Crippen LogP contribution is -2.34. The van der Waals surface area contributed by atoms with E-state index in [9.17, 15) is 9.59 Å². The lowest BCUT2D eigenvalue weighted by molar-refractivity contribution is -0.122. The standard InChI is InChI=1S/C21H23N3O3/c1-4-18(27-17-13-9-6-10-14-17)20(25)22-19-15(2)23(3)24(21(19)26)16-11-7-5-8-12-16/h5-14,18H,4H2,1-3H3,(H,22,25)/t18-/m0/s1. The third kappa shape index (κ3) is 3.79. The number of amides is 1. The number of hydrogen-bond acceptors (Lipinski definition) is 3. The molecular weight excluding hydrogens is 342 g/mol. The Morgan fingerprint density at radius 3 is 2.26 bits per heavy atom. The van der Waals surface area contributed by atoms with Crippen molar-refractivity contribution in [1.82, 2.24) is 9.36 Å². The van der Waals surface area contributed by atoms with Gasteiger partial charge in [0.2, 0.25) is 0 Å². The molecule has 2 aromatic carbocycles. The molecule has 0 unspecified atom stereocenters. The monoisotopic (exact) mass is 365 g/mol. The summed E-state index contributed by atoms with van der Waals surface area (Å²) in [7, 11) is 1.79. The zero-order valence-electron chi connectivity index (χ0n) is 15.7. The maximum absolute atomic E-state index is 12.9. The third-order valence-corrected chi connectivity index (χ3v) is 4.49. The van der Waals surface area contributed by atoms with E-state index in [1.165, 1.54) is 4.68 Å². The highest BCUT2D eigenvalue weighted by Crippen LogP contribution is 2.17. The van der Waals surface area contributed by atoms with Gasteiger partial charge in [-0.2, -0.15) is 0 Å². The van der Waals surface area contributed by atoms with Gasteiger partial charge in [0.15, 0.2) is 6.10 Å². The quantitative estimate of drug-likeness (QED) is 0.729. The SMILES string of the molecule is CC[C@H](Oc1ccccc1)C(=O)Nc1c(C)n(C)n(-c2ccccc2)c1=O. The van der Waals surface area contributed by atoms with Crippen LogP contribution in [0, 0.1) is 6.92 Å². The van der Waals surface area contributed by atoms with Gasteiger partial charge in [-0.3, -0.25) is 14.3 Å². The number of hydrogen-bond donors (Lipinski definition) is 1. The van der Waals surface area contributed by atoms with Crippen LogP contribution in [0.2, 0.25) is 0 Å². The summed E-state index contributed by atoms with van der Waals surface area (Å²) in [5.41, 5.74) is 1.40. The van der Waals surface area contributed by atoms with Gasteiger partial charge in [-0.25, -0.2) is 4.68 Å². The zero-order chi connectivity index (χ0) is 19.4. The Labute approximate surface area is 158 Å². The van der Waals surface area contributed by atoms with Crippen LogP contribution in [0.5, 0.6) is 5.75 Å². The molecule has 140 valence electrons. The second kappa shape index (κ2) is 7.95. The molecule has 6 heteroatoms. The number of carbonyl (C=O) groups is 1. The van der Waals surface area contributed by atoms with Crippen molar-refractivity contribution in [2.45, 2.75) is 26.4 Å². The van der Waals surface area contributed by atoms with Gasteiger partial charge in [-0.1, -0.05) is 43.3 Å². The Morgan fingerprint density at radius 1 is 1.07 bits per heavy atom. The van der Waals surface area contributed by atoms with Crippen LogP contribution in [-0.4, -0.2) is 21.4 Å². The maximum Gasteiger partial charge on any atom is 0.295 e. The molecule has 0 saturated carbocycles. The van der Waals surface area contributed by atoms with Crippen molar-refractivity contribution in [2.75, 3.05) is 5.32 Å². The number of nitrogens with zero attached hydrogens (tertiary/aromatic N) is 2. The first-order chi connectivity index (χ1) is 13.0. The lowest BCUT2D eigenvalue weighted by atomic mass is 10.2. The van der Waals surface area contributed by atoms with Gasteiger partial charge in [0, 0.05) is 7.05 Å². The number of nitrogens with one attached hydrogen (secondary N) is 1. The van der Waals surface area contributed by atoms with Gasteiger partial charge in [-0.15, -0.1) is 0 Å². The summed E-state index contributed by atoms with van der Waals surface area (Å²) in [6.45, 7) is 3.67. The molecule has 1 N–H and O–H groups in total. The van der Waals surface area contributed by atoms with E-state index in [-0.39, 0.29) is 17.2 Å². The van der Waals surface area contributed by atoms with Crippen LogP contribution in [0.15, 0.2) is 65.5 Å². The highest BCUT2D eigenvalue weighted by Gasteiger charge is 2.23. The van der Waals surface area contributed by atoms with Crippen molar-refractivity contribution in [3.05, 3.63) is 76.7 Å². The minimum Gasteiger partial charge on any atom is -0.481 e. The molecule has 0 bridgehead atoms. The minimum atomic E-state index is -0.684. The van der Waals surface area contributed by atoms with E-state index in [2.05, 4.69) is 5.32 Å². The number of benzene rings is 2. The van der Waals surface area contributed by atoms with Crippen molar-refractivity contribution in [3.63, 3.8) is 0 Å². The smallest absolute Gasteiger partial charge is 0.295 e. The fourth-order valence-corrected chi connectivity index (χ4v) is 2.90. The number of carbonyl (C=O) groups excluding carboxylic acids is 1. The number of anilines is 1. The predicted molar refractivity (Wildman–Crippen MR) is 106 cm³/mol. The molecule has 0 spiro atoms. The largest absolute Gasteiger partial charge is 0.481 e. The summed E-state index contributed by atoms with van der Waals surface area (Å²) in [6, 6.07) is 18.5. The third-order valence-electron chi connectivity index (χ3n) is 4.49. The summed E-state index contributed by atoms with van der Waals surface area (Å²) in [4.78, 5) is 25.6. The fourth-order valence-electron chi connectivity index (χ4n) is 2.90. The second-order valence-electron chi connectivity index (χ2n) is 6.25. The van der Waals surface area contributed by atoms with Gasteiger partial charge in [-0.05, 0) is 37.6 Å². The Bertz CT molecular complexity index is 975. The highest BCUT2D eigenvalue weighted by molar-refractivity contribution is 5.94. The van der Waals surface area contributed by atoms with Gasteiger partial charge in [0.1, 0.15) is 11.4 Å². The molecule has 0 aliphatic heterocycles. The molecule has 1 heterocycles. The number of para-hydroxylation sites is 2. The Kier molecular flexibility index (Phi) is 5.45. The summed E-state index contributed by atoms with van der Waals surface area (Å²) >= 11 is 0. The molecule has 0 saturated heterocycles. The highest BCUT2D eigenvalue weighted by atomic mass is 16.5. The molecule has 0 aliphatic carbocycles. The molecule has 0 aliphatic rings. The average Bonchev–Trinajstić information content (AvgIpc) is 2.90. The first kappa shape index (κ1) is 18.5. The molecule has 3 rings (SSSR count). The Hall–Kier alpha value is -3.28. The molecular formula is C21H23N3O3. The normalized spacial score (nSPS) is 11.8. The van der Waals surface area contributed by atoms with E-state index in [0.717, 1.165) is 5.69 Å². The van der Waals surface area contributed by atoms with Gasteiger partial charge >= 0.3 is 0 Å². The summed E-state index contributed by atoms with van der Waals surface area (Å²) < 4.78 is 9.03. The van der Waals surface area contributed by atoms with Crippen LogP contribution in [-0.2, 0) is 11.8 Å². The van der Waals surface area contributed by atoms with Crippen molar-refractivity contribution >= 4 is 11.6 Å². The minimum absolute atomic E-state index is 0.265. The van der Waals surface area contributed by atoms with Gasteiger partial charge in [0.25, 0.3) is 11.5 Å². The number of ether oxygens (including phenoxy) is 1. The molecule has 1 aromatic heterocycles. The van der Waals surface area contributed by atoms with E-state index in [1.54, 1.807) is 30.8 Å². The Balaban J connectivity index is 1.87. The van der Waals surface area contributed by atoms with Gasteiger partial charge < -0.3 is 10.1 Å². The van der Waals surface area contributed by atoms with Crippen LogP contribution >= 0.6 is 0 Å². The van der Waals surface area contributed by atoms with Crippen molar-refractivity contribution in [2.24, 2.45) is 7.05 Å². The van der Waals surface area contributed by atoms with E-state index >= 15 is 0 Å². The molecule has 0 radical (unpaired) electrons. The van der Waals surface area contributed by atoms with Crippen molar-refractivity contribution in [3.8, 4) is 11.4 Å². The summed E-state index contributed by atoms with van der Waals surface area (Å²) in [6.07, 6.45) is -0.198. The zero-order valence-corrected chi connectivity index (χ0v) is 15.7. The molecule has 6 nitrogen and oxygen atoms in total. The maximum atomic E-state index is 12.9. The van der Waals surface area contributed by atoms with E-state index in [4.69, 9.17) is 4.74 Å². The first-order valence-corrected chi connectivity index (χ1v) is 8.89. The van der Waals surface area contributed by atoms with Crippen molar-refractivity contribution < 1.29 is 9.53 Å². The molecule has 1 amide bonds. The number of aromatic nitrogens is 2. The fraction of sp³-hybridized carbons (Fsp3) is 0.238. The predicted octanol–water partition coefficient (Wildman–Crippen LogP) is 3.28. The Morgan fingerprint density at radius 2 is 1.67 bits per heavy atom. The first-order valence-electron chi connectivity index (χ1n) is 8.89. The molecule has 1 atom stereocenters. The van der Waals surface area contributed by atoms with E-state index in [1.807, 2.05) is 55.5 Å². The lowest BCUT2D eigenvalue weighted by Gasteiger charge is -2.16. The number of rotatable bonds is 6. The van der Waals surface area contributed by atoms with E-state index in [0.29, 0.717) is 17.9 Å². The van der Waals surface area contributed by atoms with Crippen LogP contribution < -0.4 is 15.6 Å². The average molecular weight is 365 g/mol.